The van der Waals surface area contributed by atoms with Crippen LogP contribution >= 0.6 is 0 Å². The maximum Gasteiger partial charge on any atom is 0.164 e. The predicted molar refractivity (Wildman–Crippen MR) is 225 cm³/mol. The molecule has 3 heterocycles. The van der Waals surface area contributed by atoms with Crippen LogP contribution in [-0.2, 0) is 11.8 Å². The molecule has 1 aliphatic carbocycles. The quantitative estimate of drug-likeness (QED) is 0.179. The van der Waals surface area contributed by atoms with E-state index in [2.05, 4.69) is 103 Å². The van der Waals surface area contributed by atoms with Gasteiger partial charge in [-0.05, 0) is 95.1 Å². The number of para-hydroxylation sites is 1. The molecule has 262 valence electrons. The minimum atomic E-state index is 0.168. The molecule has 3 aromatic heterocycles. The Morgan fingerprint density at radius 1 is 0.509 bits per heavy atom. The van der Waals surface area contributed by atoms with Crippen LogP contribution in [0.15, 0.2) is 162 Å². The highest BCUT2D eigenvalue weighted by Crippen LogP contribution is 2.44. The molecule has 55 heavy (non-hydrogen) atoms. The molecule has 0 bridgehead atoms. The molecule has 0 saturated carbocycles. The summed E-state index contributed by atoms with van der Waals surface area (Å²) in [5.74, 6) is 1.87. The lowest BCUT2D eigenvalue weighted by atomic mass is 9.86. The smallest absolute Gasteiger partial charge is 0.164 e. The van der Waals surface area contributed by atoms with Gasteiger partial charge >= 0.3 is 0 Å². The Hall–Kier alpha value is -6.85. The third-order valence-electron chi connectivity index (χ3n) is 11.5. The molecule has 0 amide bonds. The van der Waals surface area contributed by atoms with E-state index in [1.807, 2.05) is 72.8 Å². The Morgan fingerprint density at radius 2 is 1.13 bits per heavy atom. The van der Waals surface area contributed by atoms with E-state index in [0.29, 0.717) is 17.5 Å². The van der Waals surface area contributed by atoms with Gasteiger partial charge in [0.05, 0.1) is 11.0 Å². The van der Waals surface area contributed by atoms with Gasteiger partial charge in [-0.2, -0.15) is 0 Å². The van der Waals surface area contributed by atoms with Gasteiger partial charge in [-0.3, -0.25) is 0 Å². The lowest BCUT2D eigenvalue weighted by Gasteiger charge is -2.19. The molecule has 5 nitrogen and oxygen atoms in total. The van der Waals surface area contributed by atoms with Gasteiger partial charge in [0.2, 0.25) is 0 Å². The number of rotatable bonds is 5. The Bertz CT molecular complexity index is 3050. The summed E-state index contributed by atoms with van der Waals surface area (Å²) in [6.07, 6.45) is 2.29. The monoisotopic (exact) mass is 708 g/mol. The van der Waals surface area contributed by atoms with Crippen LogP contribution in [0.25, 0.3) is 94.7 Å². The summed E-state index contributed by atoms with van der Waals surface area (Å²) in [7, 11) is 0. The molecule has 0 aliphatic heterocycles. The number of aromatic nitrogens is 4. The zero-order valence-corrected chi connectivity index (χ0v) is 30.6. The molecule has 0 unspecified atom stereocenters. The third kappa shape index (κ3) is 5.11. The second-order valence-electron chi connectivity index (χ2n) is 15.3. The van der Waals surface area contributed by atoms with Gasteiger partial charge in [-0.15, -0.1) is 0 Å². The summed E-state index contributed by atoms with van der Waals surface area (Å²) < 4.78 is 8.94. The van der Waals surface area contributed by atoms with Crippen molar-refractivity contribution in [2.75, 3.05) is 0 Å². The van der Waals surface area contributed by atoms with E-state index in [1.165, 1.54) is 45.0 Å². The highest BCUT2D eigenvalue weighted by molar-refractivity contribution is 6.14. The Morgan fingerprint density at radius 3 is 1.84 bits per heavy atom. The van der Waals surface area contributed by atoms with Crippen LogP contribution < -0.4 is 0 Å². The number of aryl methyl sites for hydroxylation is 1. The third-order valence-corrected chi connectivity index (χ3v) is 11.5. The fourth-order valence-corrected chi connectivity index (χ4v) is 8.69. The van der Waals surface area contributed by atoms with Gasteiger partial charge in [0.1, 0.15) is 11.2 Å². The molecular weight excluding hydrogens is 673 g/mol. The van der Waals surface area contributed by atoms with Gasteiger partial charge in [0.25, 0.3) is 0 Å². The van der Waals surface area contributed by atoms with Crippen molar-refractivity contribution in [3.63, 3.8) is 0 Å². The van der Waals surface area contributed by atoms with Gasteiger partial charge in [0.15, 0.2) is 17.5 Å². The van der Waals surface area contributed by atoms with E-state index in [-0.39, 0.29) is 5.41 Å². The number of nitrogens with zero attached hydrogens (tertiary/aromatic N) is 4. The van der Waals surface area contributed by atoms with Crippen molar-refractivity contribution in [1.29, 1.82) is 0 Å². The van der Waals surface area contributed by atoms with Crippen molar-refractivity contribution < 1.29 is 4.42 Å². The first-order valence-electron chi connectivity index (χ1n) is 19.0. The molecule has 0 saturated heterocycles. The maximum absolute atomic E-state index is 6.50. The van der Waals surface area contributed by atoms with Crippen molar-refractivity contribution >= 4 is 43.7 Å². The first kappa shape index (κ1) is 31.7. The van der Waals surface area contributed by atoms with E-state index < -0.39 is 0 Å². The van der Waals surface area contributed by atoms with E-state index >= 15 is 0 Å². The topological polar surface area (TPSA) is 56.7 Å². The van der Waals surface area contributed by atoms with Crippen LogP contribution in [0.4, 0.5) is 0 Å². The second kappa shape index (κ2) is 12.1. The molecule has 0 radical (unpaired) electrons. The summed E-state index contributed by atoms with van der Waals surface area (Å²) in [5, 5.41) is 4.57. The summed E-state index contributed by atoms with van der Waals surface area (Å²) in [6, 6.07) is 55.5. The fourth-order valence-electron chi connectivity index (χ4n) is 8.69. The number of benzene rings is 7. The molecule has 0 atom stereocenters. The van der Waals surface area contributed by atoms with E-state index in [4.69, 9.17) is 19.4 Å². The molecule has 0 spiro atoms. The van der Waals surface area contributed by atoms with Crippen LogP contribution in [0.2, 0.25) is 0 Å². The Balaban J connectivity index is 1.10. The van der Waals surface area contributed by atoms with Crippen molar-refractivity contribution in [2.45, 2.75) is 32.1 Å². The van der Waals surface area contributed by atoms with Crippen LogP contribution in [0.3, 0.4) is 0 Å². The molecule has 7 aromatic carbocycles. The SMILES string of the molecule is CC1(C)CCc2cc3c4cc(-c5ccc6oc7cccc(-c8nc(-c9ccccc9)nc(-c9ccccc9)n8)c7c6c5)ccc4n(-c4ccccc4)c3cc21. The van der Waals surface area contributed by atoms with Crippen LogP contribution in [0.5, 0.6) is 0 Å². The lowest BCUT2D eigenvalue weighted by molar-refractivity contribution is 0.522. The summed E-state index contributed by atoms with van der Waals surface area (Å²) >= 11 is 0. The summed E-state index contributed by atoms with van der Waals surface area (Å²) in [4.78, 5) is 15.1. The zero-order valence-electron chi connectivity index (χ0n) is 30.6. The highest BCUT2D eigenvalue weighted by atomic mass is 16.3. The van der Waals surface area contributed by atoms with Gasteiger partial charge in [0, 0.05) is 43.9 Å². The van der Waals surface area contributed by atoms with Crippen molar-refractivity contribution in [2.24, 2.45) is 0 Å². The zero-order chi connectivity index (χ0) is 36.7. The fraction of sp³-hybridized carbons (Fsp3) is 0.100. The normalized spacial score (nSPS) is 13.6. The Labute approximate surface area is 318 Å². The average Bonchev–Trinajstić information content (AvgIpc) is 3.88. The molecule has 10 aromatic rings. The van der Waals surface area contributed by atoms with Crippen LogP contribution in [-0.4, -0.2) is 19.5 Å². The molecule has 5 heteroatoms. The number of furan rings is 1. The number of hydrogen-bond acceptors (Lipinski definition) is 4. The molecule has 11 rings (SSSR count). The van der Waals surface area contributed by atoms with Gasteiger partial charge in [-0.25, -0.2) is 15.0 Å². The standard InChI is InChI=1S/C50H36N4O/c1-50(2)26-25-35-29-39-38-27-33(21-23-42(38)54(43(39)30-41(35)50)36-17-10-5-11-18-36)34-22-24-44-40(28-34)46-37(19-12-20-45(46)55-44)49-52-47(31-13-6-3-7-14-31)51-48(53-49)32-15-8-4-9-16-32/h3-24,27-30H,25-26H2,1-2H3. The largest absolute Gasteiger partial charge is 0.456 e. The lowest BCUT2D eigenvalue weighted by Crippen LogP contribution is -2.11. The maximum atomic E-state index is 6.50. The molecule has 0 N–H and O–H groups in total. The number of hydrogen-bond donors (Lipinski definition) is 0. The summed E-state index contributed by atoms with van der Waals surface area (Å²) in [6.45, 7) is 4.76. The van der Waals surface area contributed by atoms with Crippen molar-refractivity contribution in [3.05, 3.63) is 169 Å². The minimum absolute atomic E-state index is 0.168. The van der Waals surface area contributed by atoms with Gasteiger partial charge in [-0.1, -0.05) is 117 Å². The van der Waals surface area contributed by atoms with Crippen molar-refractivity contribution in [3.8, 4) is 51.0 Å². The predicted octanol–water partition coefficient (Wildman–Crippen LogP) is 12.8. The van der Waals surface area contributed by atoms with Crippen molar-refractivity contribution in [1.82, 2.24) is 19.5 Å². The molecule has 1 aliphatic rings. The average molecular weight is 709 g/mol. The minimum Gasteiger partial charge on any atom is -0.456 e. The first-order valence-corrected chi connectivity index (χ1v) is 19.0. The highest BCUT2D eigenvalue weighted by Gasteiger charge is 2.31. The van der Waals surface area contributed by atoms with E-state index in [0.717, 1.165) is 56.2 Å². The van der Waals surface area contributed by atoms with Gasteiger partial charge < -0.3 is 8.98 Å². The Kier molecular flexibility index (Phi) is 6.96. The summed E-state index contributed by atoms with van der Waals surface area (Å²) in [5.41, 5.74) is 13.4. The van der Waals surface area contributed by atoms with E-state index in [1.54, 1.807) is 0 Å². The van der Waals surface area contributed by atoms with Crippen LogP contribution in [0.1, 0.15) is 31.4 Å². The molecule has 0 fully saturated rings. The second-order valence-corrected chi connectivity index (χ2v) is 15.3. The number of fused-ring (bicyclic) bond motifs is 7. The van der Waals surface area contributed by atoms with E-state index in [9.17, 15) is 0 Å². The first-order chi connectivity index (χ1) is 27.0. The van der Waals surface area contributed by atoms with Crippen LogP contribution in [0, 0.1) is 0 Å². The molecular formula is C50H36N4O.